The fraction of sp³-hybridized carbons (Fsp3) is 0.478. The first-order valence-electron chi connectivity index (χ1n) is 10.7. The molecule has 3 aromatic rings. The molecule has 0 radical (unpaired) electrons. The third-order valence-electron chi connectivity index (χ3n) is 6.40. The number of anilines is 1. The Morgan fingerprint density at radius 2 is 2.07 bits per heavy atom. The fourth-order valence-electron chi connectivity index (χ4n) is 4.79. The van der Waals surface area contributed by atoms with E-state index in [1.807, 2.05) is 25.1 Å². The molecular weight excluding hydrogens is 378 g/mol. The lowest BCUT2D eigenvalue weighted by Gasteiger charge is -2.37. The van der Waals surface area contributed by atoms with Gasteiger partial charge in [0.15, 0.2) is 5.65 Å². The molecule has 2 aromatic heterocycles. The lowest BCUT2D eigenvalue weighted by molar-refractivity contribution is 0.00459. The van der Waals surface area contributed by atoms with Crippen LogP contribution in [0.3, 0.4) is 0 Å². The number of morpholine rings is 1. The van der Waals surface area contributed by atoms with Crippen LogP contribution in [0.4, 0.5) is 5.82 Å². The van der Waals surface area contributed by atoms with Gasteiger partial charge in [-0.05, 0) is 37.1 Å². The Balaban J connectivity index is 1.51. The predicted molar refractivity (Wildman–Crippen MR) is 116 cm³/mol. The van der Waals surface area contributed by atoms with Crippen molar-refractivity contribution in [2.75, 3.05) is 51.4 Å². The standard InChI is InChI=1S/C23H27N5O2/c1-16-12-22(28-20-5-3-2-4-19(20)26-23(28)18(16)13-24)25-14-21(17-6-9-30-15-17)27-7-10-29-11-8-27/h2-5,12,17,21,25H,6-11,14-15H2,1H3/t17-,21+/m1/s1. The summed E-state index contributed by atoms with van der Waals surface area (Å²) in [5.41, 5.74) is 4.20. The number of nitrogens with one attached hydrogen (secondary N) is 1. The van der Waals surface area contributed by atoms with Gasteiger partial charge in [-0.15, -0.1) is 0 Å². The van der Waals surface area contributed by atoms with Gasteiger partial charge in [0.05, 0.1) is 36.4 Å². The maximum absolute atomic E-state index is 9.71. The van der Waals surface area contributed by atoms with Crippen LogP contribution in [0.15, 0.2) is 30.3 Å². The quantitative estimate of drug-likeness (QED) is 0.704. The van der Waals surface area contributed by atoms with Crippen LogP contribution in [-0.2, 0) is 9.47 Å². The van der Waals surface area contributed by atoms with Crippen molar-refractivity contribution < 1.29 is 9.47 Å². The molecule has 2 fully saturated rings. The predicted octanol–water partition coefficient (Wildman–Crippen LogP) is 2.82. The van der Waals surface area contributed by atoms with E-state index >= 15 is 0 Å². The second-order valence-electron chi connectivity index (χ2n) is 8.18. The minimum atomic E-state index is 0.386. The molecule has 7 nitrogen and oxygen atoms in total. The molecule has 4 heterocycles. The zero-order valence-corrected chi connectivity index (χ0v) is 17.3. The number of imidazole rings is 1. The summed E-state index contributed by atoms with van der Waals surface area (Å²) < 4.78 is 13.4. The molecule has 2 atom stereocenters. The van der Waals surface area contributed by atoms with Gasteiger partial charge in [0.25, 0.3) is 0 Å². The summed E-state index contributed by atoms with van der Waals surface area (Å²) in [6.07, 6.45) is 1.10. The average Bonchev–Trinajstić information content (AvgIpc) is 3.43. The molecule has 0 spiro atoms. The van der Waals surface area contributed by atoms with E-state index < -0.39 is 0 Å². The highest BCUT2D eigenvalue weighted by atomic mass is 16.5. The monoisotopic (exact) mass is 405 g/mol. The maximum atomic E-state index is 9.71. The zero-order valence-electron chi connectivity index (χ0n) is 17.3. The molecule has 7 heteroatoms. The van der Waals surface area contributed by atoms with Crippen molar-refractivity contribution in [3.8, 4) is 6.07 Å². The first-order chi connectivity index (χ1) is 14.8. The highest BCUT2D eigenvalue weighted by molar-refractivity contribution is 5.85. The summed E-state index contributed by atoms with van der Waals surface area (Å²) in [6, 6.07) is 12.8. The molecule has 1 aromatic carbocycles. The summed E-state index contributed by atoms with van der Waals surface area (Å²) in [5.74, 6) is 1.50. The number of nitriles is 1. The Kier molecular flexibility index (Phi) is 5.30. The number of aryl methyl sites for hydroxylation is 1. The number of rotatable bonds is 5. The van der Waals surface area contributed by atoms with Crippen LogP contribution >= 0.6 is 0 Å². The van der Waals surface area contributed by atoms with E-state index in [4.69, 9.17) is 14.5 Å². The largest absolute Gasteiger partial charge is 0.381 e. The number of nitrogens with zero attached hydrogens (tertiary/aromatic N) is 4. The van der Waals surface area contributed by atoms with Crippen molar-refractivity contribution in [2.24, 2.45) is 5.92 Å². The van der Waals surface area contributed by atoms with Crippen molar-refractivity contribution in [3.05, 3.63) is 41.5 Å². The molecule has 0 amide bonds. The van der Waals surface area contributed by atoms with Gasteiger partial charge in [0.2, 0.25) is 0 Å². The van der Waals surface area contributed by atoms with Crippen LogP contribution in [0.25, 0.3) is 16.7 Å². The number of pyridine rings is 1. The number of benzene rings is 1. The molecule has 2 aliphatic heterocycles. The van der Waals surface area contributed by atoms with Crippen molar-refractivity contribution >= 4 is 22.5 Å². The van der Waals surface area contributed by atoms with E-state index in [0.29, 0.717) is 23.2 Å². The van der Waals surface area contributed by atoms with E-state index in [1.165, 1.54) is 0 Å². The number of para-hydroxylation sites is 2. The molecule has 156 valence electrons. The summed E-state index contributed by atoms with van der Waals surface area (Å²) >= 11 is 0. The van der Waals surface area contributed by atoms with Gasteiger partial charge in [-0.2, -0.15) is 5.26 Å². The van der Waals surface area contributed by atoms with Crippen LogP contribution in [0.1, 0.15) is 17.5 Å². The number of aromatic nitrogens is 2. The molecule has 0 unspecified atom stereocenters. The van der Waals surface area contributed by atoms with Gasteiger partial charge >= 0.3 is 0 Å². The topological polar surface area (TPSA) is 74.8 Å². The Hall–Kier alpha value is -2.66. The Morgan fingerprint density at radius 1 is 1.23 bits per heavy atom. The smallest absolute Gasteiger partial charge is 0.157 e. The number of ether oxygens (including phenoxy) is 2. The van der Waals surface area contributed by atoms with Crippen LogP contribution in [0.5, 0.6) is 0 Å². The minimum absolute atomic E-state index is 0.386. The zero-order chi connectivity index (χ0) is 20.5. The van der Waals surface area contributed by atoms with Crippen LogP contribution in [0.2, 0.25) is 0 Å². The van der Waals surface area contributed by atoms with E-state index in [9.17, 15) is 5.26 Å². The summed E-state index contributed by atoms with van der Waals surface area (Å²) in [6.45, 7) is 7.95. The molecule has 0 saturated carbocycles. The number of fused-ring (bicyclic) bond motifs is 3. The fourth-order valence-corrected chi connectivity index (χ4v) is 4.79. The maximum Gasteiger partial charge on any atom is 0.157 e. The normalized spacial score (nSPS) is 21.1. The van der Waals surface area contributed by atoms with Crippen LogP contribution in [0, 0.1) is 24.2 Å². The number of hydrogen-bond donors (Lipinski definition) is 1. The van der Waals surface area contributed by atoms with Gasteiger partial charge in [0.1, 0.15) is 11.9 Å². The van der Waals surface area contributed by atoms with E-state index in [1.54, 1.807) is 0 Å². The summed E-state index contributed by atoms with van der Waals surface area (Å²) in [7, 11) is 0. The van der Waals surface area contributed by atoms with Crippen molar-refractivity contribution in [2.45, 2.75) is 19.4 Å². The van der Waals surface area contributed by atoms with Gasteiger partial charge in [0, 0.05) is 38.2 Å². The highest BCUT2D eigenvalue weighted by Crippen LogP contribution is 2.28. The van der Waals surface area contributed by atoms with E-state index in [-0.39, 0.29) is 0 Å². The molecule has 2 saturated heterocycles. The van der Waals surface area contributed by atoms with Crippen molar-refractivity contribution in [3.63, 3.8) is 0 Å². The molecule has 1 N–H and O–H groups in total. The SMILES string of the molecule is Cc1cc(NC[C@@H]([C@@H]2CCOC2)N2CCOCC2)n2c(nc3ccccc32)c1C#N. The third-order valence-corrected chi connectivity index (χ3v) is 6.40. The first-order valence-corrected chi connectivity index (χ1v) is 10.7. The molecule has 0 aliphatic carbocycles. The highest BCUT2D eigenvalue weighted by Gasteiger charge is 2.31. The van der Waals surface area contributed by atoms with Crippen LogP contribution < -0.4 is 5.32 Å². The van der Waals surface area contributed by atoms with E-state index in [0.717, 1.165) is 74.9 Å². The molecular formula is C23H27N5O2. The van der Waals surface area contributed by atoms with Gasteiger partial charge in [-0.1, -0.05) is 12.1 Å². The van der Waals surface area contributed by atoms with Gasteiger partial charge < -0.3 is 14.8 Å². The molecule has 2 aliphatic rings. The Bertz CT molecular complexity index is 1090. The lowest BCUT2D eigenvalue weighted by atomic mass is 9.97. The second kappa shape index (κ2) is 8.23. The molecule has 30 heavy (non-hydrogen) atoms. The Morgan fingerprint density at radius 3 is 2.83 bits per heavy atom. The third kappa shape index (κ3) is 3.41. The summed E-state index contributed by atoms with van der Waals surface area (Å²) in [4.78, 5) is 7.29. The summed E-state index contributed by atoms with van der Waals surface area (Å²) in [5, 5.41) is 13.4. The molecule has 5 rings (SSSR count). The number of hydrogen-bond acceptors (Lipinski definition) is 6. The molecule has 0 bridgehead atoms. The first kappa shape index (κ1) is 19.3. The van der Waals surface area contributed by atoms with Crippen molar-refractivity contribution in [1.29, 1.82) is 5.26 Å². The Labute approximate surface area is 176 Å². The van der Waals surface area contributed by atoms with Crippen LogP contribution in [-0.4, -0.2) is 66.4 Å². The van der Waals surface area contributed by atoms with Gasteiger partial charge in [-0.25, -0.2) is 4.98 Å². The van der Waals surface area contributed by atoms with Gasteiger partial charge in [-0.3, -0.25) is 9.30 Å². The lowest BCUT2D eigenvalue weighted by Crippen LogP contribution is -2.50. The second-order valence-corrected chi connectivity index (χ2v) is 8.18. The van der Waals surface area contributed by atoms with Crippen molar-refractivity contribution in [1.82, 2.24) is 14.3 Å². The minimum Gasteiger partial charge on any atom is -0.381 e. The average molecular weight is 406 g/mol. The van der Waals surface area contributed by atoms with E-state index in [2.05, 4.69) is 32.8 Å².